The molecule has 0 bridgehead atoms. The van der Waals surface area contributed by atoms with Crippen molar-refractivity contribution in [1.29, 1.82) is 0 Å². The van der Waals surface area contributed by atoms with Gasteiger partial charge in [-0.3, -0.25) is 9.59 Å². The van der Waals surface area contributed by atoms with E-state index in [2.05, 4.69) is 0 Å². The Morgan fingerprint density at radius 1 is 0.944 bits per heavy atom. The van der Waals surface area contributed by atoms with Crippen molar-refractivity contribution in [3.05, 3.63) is 102 Å². The molecule has 1 saturated heterocycles. The van der Waals surface area contributed by atoms with E-state index in [0.29, 0.717) is 31.7 Å². The summed E-state index contributed by atoms with van der Waals surface area (Å²) in [4.78, 5) is 29.6. The van der Waals surface area contributed by atoms with Gasteiger partial charge in [0.25, 0.3) is 5.91 Å². The van der Waals surface area contributed by atoms with Crippen LogP contribution in [0.2, 0.25) is 0 Å². The van der Waals surface area contributed by atoms with Crippen molar-refractivity contribution in [1.82, 2.24) is 9.80 Å². The second kappa shape index (κ2) is 11.3. The van der Waals surface area contributed by atoms with Crippen LogP contribution in [0.25, 0.3) is 0 Å². The fourth-order valence-corrected chi connectivity index (χ4v) is 4.71. The number of hydrogen-bond donors (Lipinski definition) is 0. The van der Waals surface area contributed by atoms with E-state index in [1.165, 1.54) is 11.0 Å². The highest BCUT2D eigenvalue weighted by Gasteiger charge is 2.41. The van der Waals surface area contributed by atoms with E-state index in [-0.39, 0.29) is 25.5 Å². The number of rotatable bonds is 8. The summed E-state index contributed by atoms with van der Waals surface area (Å²) in [7, 11) is 1.75. The second-order valence-corrected chi connectivity index (χ2v) is 9.44. The van der Waals surface area contributed by atoms with E-state index in [4.69, 9.17) is 4.74 Å². The number of carbonyl (C=O) groups is 2. The lowest BCUT2D eigenvalue weighted by atomic mass is 9.77. The Morgan fingerprint density at radius 3 is 2.25 bits per heavy atom. The number of piperidine rings is 1. The first-order chi connectivity index (χ1) is 17.4. The molecule has 2 amide bonds. The predicted molar refractivity (Wildman–Crippen MR) is 133 cm³/mol. The molecule has 1 aliphatic rings. The van der Waals surface area contributed by atoms with Crippen molar-refractivity contribution < 1.29 is 23.1 Å². The topological polar surface area (TPSA) is 49.9 Å². The SMILES string of the molecule is CN(Cc1ccccc1)C(=O)CC1(COc2ccccc2)CCCN(C(=O)c2c(F)cccc2F)C1. The molecular weight excluding hydrogens is 462 g/mol. The van der Waals surface area contributed by atoms with E-state index >= 15 is 0 Å². The van der Waals surface area contributed by atoms with E-state index in [0.717, 1.165) is 17.7 Å². The molecule has 7 heteroatoms. The Bertz CT molecular complexity index is 1170. The lowest BCUT2D eigenvalue weighted by molar-refractivity contribution is -0.134. The lowest BCUT2D eigenvalue weighted by Gasteiger charge is -2.43. The molecule has 0 N–H and O–H groups in total. The van der Waals surface area contributed by atoms with Crippen molar-refractivity contribution in [2.45, 2.75) is 25.8 Å². The van der Waals surface area contributed by atoms with Gasteiger partial charge in [-0.2, -0.15) is 0 Å². The number of nitrogens with zero attached hydrogens (tertiary/aromatic N) is 2. The molecule has 1 unspecified atom stereocenters. The smallest absolute Gasteiger partial charge is 0.259 e. The van der Waals surface area contributed by atoms with Crippen LogP contribution < -0.4 is 4.74 Å². The summed E-state index contributed by atoms with van der Waals surface area (Å²) in [6.45, 7) is 1.18. The van der Waals surface area contributed by atoms with Crippen LogP contribution >= 0.6 is 0 Å². The third kappa shape index (κ3) is 6.08. The first-order valence-electron chi connectivity index (χ1n) is 12.1. The maximum atomic E-state index is 14.4. The van der Waals surface area contributed by atoms with Gasteiger partial charge in [0, 0.05) is 38.5 Å². The monoisotopic (exact) mass is 492 g/mol. The fraction of sp³-hybridized carbons (Fsp3) is 0.310. The molecule has 1 heterocycles. The molecule has 5 nitrogen and oxygen atoms in total. The summed E-state index contributed by atoms with van der Waals surface area (Å²) in [5.41, 5.74) is -0.253. The second-order valence-electron chi connectivity index (χ2n) is 9.44. The molecule has 1 fully saturated rings. The van der Waals surface area contributed by atoms with Gasteiger partial charge in [-0.25, -0.2) is 8.78 Å². The summed E-state index contributed by atoms with van der Waals surface area (Å²) < 4.78 is 34.8. The van der Waals surface area contributed by atoms with E-state index < -0.39 is 28.5 Å². The maximum Gasteiger partial charge on any atom is 0.259 e. The molecule has 1 atom stereocenters. The van der Waals surface area contributed by atoms with Gasteiger partial charge < -0.3 is 14.5 Å². The average Bonchev–Trinajstić information content (AvgIpc) is 2.88. The highest BCUT2D eigenvalue weighted by Crippen LogP contribution is 2.36. The Kier molecular flexibility index (Phi) is 7.98. The number of para-hydroxylation sites is 1. The number of carbonyl (C=O) groups excluding carboxylic acids is 2. The zero-order chi connectivity index (χ0) is 25.5. The van der Waals surface area contributed by atoms with Crippen LogP contribution in [0.15, 0.2) is 78.9 Å². The largest absolute Gasteiger partial charge is 0.493 e. The Balaban J connectivity index is 1.55. The first-order valence-corrected chi connectivity index (χ1v) is 12.1. The third-order valence-electron chi connectivity index (χ3n) is 6.63. The summed E-state index contributed by atoms with van der Waals surface area (Å²) in [5, 5.41) is 0. The molecule has 0 aliphatic carbocycles. The highest BCUT2D eigenvalue weighted by molar-refractivity contribution is 5.95. The molecule has 3 aromatic rings. The summed E-state index contributed by atoms with van der Waals surface area (Å²) in [6, 6.07) is 22.3. The van der Waals surface area contributed by atoms with Gasteiger partial charge >= 0.3 is 0 Å². The minimum absolute atomic E-state index is 0.0816. The summed E-state index contributed by atoms with van der Waals surface area (Å²) in [5.74, 6) is -1.92. The quantitative estimate of drug-likeness (QED) is 0.428. The van der Waals surface area contributed by atoms with Crippen molar-refractivity contribution in [3.8, 4) is 5.75 Å². The molecule has 3 aromatic carbocycles. The van der Waals surface area contributed by atoms with Gasteiger partial charge in [0.05, 0.1) is 6.61 Å². The van der Waals surface area contributed by atoms with Crippen molar-refractivity contribution >= 4 is 11.8 Å². The van der Waals surface area contributed by atoms with Crippen LogP contribution in [0.4, 0.5) is 8.78 Å². The van der Waals surface area contributed by atoms with Crippen LogP contribution in [0.3, 0.4) is 0 Å². The fourth-order valence-electron chi connectivity index (χ4n) is 4.71. The van der Waals surface area contributed by atoms with Gasteiger partial charge in [-0.05, 0) is 42.7 Å². The maximum absolute atomic E-state index is 14.4. The number of hydrogen-bond acceptors (Lipinski definition) is 3. The third-order valence-corrected chi connectivity index (χ3v) is 6.63. The standard InChI is InChI=1S/C29H30F2N2O3/c1-32(19-22-10-4-2-5-11-22)26(34)18-29(21-36-23-12-6-3-7-13-23)16-9-17-33(20-29)28(35)27-24(30)14-8-15-25(27)31/h2-8,10-15H,9,16-21H2,1H3. The van der Waals surface area contributed by atoms with Gasteiger partial charge in [0.15, 0.2) is 0 Å². The Morgan fingerprint density at radius 2 is 1.58 bits per heavy atom. The minimum Gasteiger partial charge on any atom is -0.493 e. The molecule has 0 spiro atoms. The first kappa shape index (κ1) is 25.4. The zero-order valence-corrected chi connectivity index (χ0v) is 20.3. The number of benzene rings is 3. The molecule has 0 saturated carbocycles. The number of amides is 2. The molecule has 36 heavy (non-hydrogen) atoms. The van der Waals surface area contributed by atoms with E-state index in [1.807, 2.05) is 60.7 Å². The Labute approximate surface area is 210 Å². The Hall–Kier alpha value is -3.74. The summed E-state index contributed by atoms with van der Waals surface area (Å²) >= 11 is 0. The van der Waals surface area contributed by atoms with Crippen LogP contribution in [0, 0.1) is 17.0 Å². The van der Waals surface area contributed by atoms with Crippen LogP contribution in [0.1, 0.15) is 35.2 Å². The highest BCUT2D eigenvalue weighted by atomic mass is 19.1. The minimum atomic E-state index is -0.893. The normalized spacial score (nSPS) is 17.5. The molecular formula is C29H30F2N2O3. The molecule has 4 rings (SSSR count). The van der Waals surface area contributed by atoms with Gasteiger partial charge in [-0.1, -0.05) is 54.6 Å². The number of halogens is 2. The zero-order valence-electron chi connectivity index (χ0n) is 20.3. The predicted octanol–water partition coefficient (Wildman–Crippen LogP) is 5.31. The van der Waals surface area contributed by atoms with Gasteiger partial charge in [0.2, 0.25) is 5.91 Å². The molecule has 1 aliphatic heterocycles. The number of likely N-dealkylation sites (tertiary alicyclic amines) is 1. The van der Waals surface area contributed by atoms with Gasteiger partial charge in [0.1, 0.15) is 22.9 Å². The van der Waals surface area contributed by atoms with Crippen molar-refractivity contribution in [2.75, 3.05) is 26.7 Å². The molecule has 0 radical (unpaired) electrons. The van der Waals surface area contributed by atoms with Crippen LogP contribution in [0.5, 0.6) is 5.75 Å². The van der Waals surface area contributed by atoms with E-state index in [9.17, 15) is 18.4 Å². The van der Waals surface area contributed by atoms with Crippen LogP contribution in [-0.4, -0.2) is 48.4 Å². The summed E-state index contributed by atoms with van der Waals surface area (Å²) in [6.07, 6.45) is 1.39. The number of ether oxygens (including phenoxy) is 1. The van der Waals surface area contributed by atoms with Crippen LogP contribution in [-0.2, 0) is 11.3 Å². The van der Waals surface area contributed by atoms with Crippen molar-refractivity contribution in [2.24, 2.45) is 5.41 Å². The molecule has 188 valence electrons. The van der Waals surface area contributed by atoms with Gasteiger partial charge in [-0.15, -0.1) is 0 Å². The average molecular weight is 493 g/mol. The lowest BCUT2D eigenvalue weighted by Crippen LogP contribution is -2.51. The van der Waals surface area contributed by atoms with E-state index in [1.54, 1.807) is 11.9 Å². The van der Waals surface area contributed by atoms with Crippen molar-refractivity contribution in [3.63, 3.8) is 0 Å². The molecule has 0 aromatic heterocycles.